The van der Waals surface area contributed by atoms with E-state index in [1.807, 2.05) is 0 Å². The summed E-state index contributed by atoms with van der Waals surface area (Å²) in [7, 11) is 0. The molecule has 1 aromatic carbocycles. The molecule has 20 heavy (non-hydrogen) atoms. The van der Waals surface area contributed by atoms with Crippen molar-refractivity contribution < 1.29 is 14.3 Å². The molecule has 5 nitrogen and oxygen atoms in total. The number of ether oxygens (including phenoxy) is 1. The van der Waals surface area contributed by atoms with Crippen molar-refractivity contribution in [2.45, 2.75) is 20.8 Å². The van der Waals surface area contributed by atoms with Crippen LogP contribution >= 0.6 is 0 Å². The highest BCUT2D eigenvalue weighted by Gasteiger charge is 2.16. The number of carbonyl (C=O) groups excluding carboxylic acids is 2. The van der Waals surface area contributed by atoms with Gasteiger partial charge in [-0.05, 0) is 38.2 Å². The van der Waals surface area contributed by atoms with E-state index in [0.717, 1.165) is 13.1 Å². The molecule has 0 spiro atoms. The molecule has 5 heteroatoms. The minimum atomic E-state index is -0.484. The van der Waals surface area contributed by atoms with E-state index >= 15 is 0 Å². The first-order chi connectivity index (χ1) is 9.49. The first-order valence-corrected chi connectivity index (χ1v) is 6.79. The Hall–Kier alpha value is -1.88. The standard InChI is InChI=1S/C15H22N2O3/c1-4-17(5-2)8-9-20-15(19)13-7-6-12(16)10-14(13)11(3)18/h6-7,10H,4-5,8-9,16H2,1-3H3. The predicted octanol–water partition coefficient (Wildman–Crippen LogP) is 1.97. The van der Waals surface area contributed by atoms with Gasteiger partial charge in [-0.3, -0.25) is 4.79 Å². The van der Waals surface area contributed by atoms with Crippen LogP contribution in [-0.2, 0) is 4.74 Å². The third kappa shape index (κ3) is 4.35. The summed E-state index contributed by atoms with van der Waals surface area (Å²) in [4.78, 5) is 25.7. The van der Waals surface area contributed by atoms with Gasteiger partial charge in [0.05, 0.1) is 5.56 Å². The molecule has 0 aromatic heterocycles. The number of rotatable bonds is 7. The molecule has 1 aromatic rings. The van der Waals surface area contributed by atoms with Gasteiger partial charge in [-0.15, -0.1) is 0 Å². The summed E-state index contributed by atoms with van der Waals surface area (Å²) in [6.07, 6.45) is 0. The maximum atomic E-state index is 12.0. The highest BCUT2D eigenvalue weighted by Crippen LogP contribution is 2.15. The second-order valence-electron chi connectivity index (χ2n) is 4.52. The molecule has 0 amide bonds. The fourth-order valence-electron chi connectivity index (χ4n) is 1.92. The number of likely N-dealkylation sites (N-methyl/N-ethyl adjacent to an activating group) is 1. The third-order valence-electron chi connectivity index (χ3n) is 3.18. The quantitative estimate of drug-likeness (QED) is 0.469. The second-order valence-corrected chi connectivity index (χ2v) is 4.52. The van der Waals surface area contributed by atoms with Crippen molar-refractivity contribution in [1.29, 1.82) is 0 Å². The van der Waals surface area contributed by atoms with E-state index in [2.05, 4.69) is 18.7 Å². The average Bonchev–Trinajstić information content (AvgIpc) is 2.43. The van der Waals surface area contributed by atoms with Gasteiger partial charge < -0.3 is 15.4 Å². The van der Waals surface area contributed by atoms with Crippen LogP contribution in [0.2, 0.25) is 0 Å². The molecule has 0 atom stereocenters. The van der Waals surface area contributed by atoms with Crippen LogP contribution in [0.1, 0.15) is 41.5 Å². The van der Waals surface area contributed by atoms with Gasteiger partial charge in [-0.1, -0.05) is 13.8 Å². The molecule has 0 aliphatic heterocycles. The smallest absolute Gasteiger partial charge is 0.338 e. The number of hydrogen-bond donors (Lipinski definition) is 1. The average molecular weight is 278 g/mol. The maximum absolute atomic E-state index is 12.0. The zero-order valence-corrected chi connectivity index (χ0v) is 12.3. The third-order valence-corrected chi connectivity index (χ3v) is 3.18. The predicted molar refractivity (Wildman–Crippen MR) is 78.9 cm³/mol. The van der Waals surface area contributed by atoms with Gasteiger partial charge >= 0.3 is 5.97 Å². The van der Waals surface area contributed by atoms with Gasteiger partial charge in [0.25, 0.3) is 0 Å². The molecular weight excluding hydrogens is 256 g/mol. The number of nitrogens with two attached hydrogens (primary N) is 1. The number of Topliss-reactive ketones (excluding diaryl/α,β-unsaturated/α-hetero) is 1. The van der Waals surface area contributed by atoms with Crippen LogP contribution in [-0.4, -0.2) is 42.9 Å². The highest BCUT2D eigenvalue weighted by molar-refractivity contribution is 6.06. The van der Waals surface area contributed by atoms with Crippen LogP contribution in [0.3, 0.4) is 0 Å². The lowest BCUT2D eigenvalue weighted by atomic mass is 10.0. The number of carbonyl (C=O) groups is 2. The fraction of sp³-hybridized carbons (Fsp3) is 0.467. The van der Waals surface area contributed by atoms with Crippen molar-refractivity contribution in [3.8, 4) is 0 Å². The number of nitrogens with zero attached hydrogens (tertiary/aromatic N) is 1. The highest BCUT2D eigenvalue weighted by atomic mass is 16.5. The summed E-state index contributed by atoms with van der Waals surface area (Å²) >= 11 is 0. The van der Waals surface area contributed by atoms with E-state index in [1.54, 1.807) is 6.07 Å². The number of benzene rings is 1. The van der Waals surface area contributed by atoms with Gasteiger partial charge in [0, 0.05) is 17.8 Å². The Morgan fingerprint density at radius 3 is 2.40 bits per heavy atom. The van der Waals surface area contributed by atoms with Crippen LogP contribution in [0.4, 0.5) is 5.69 Å². The summed E-state index contributed by atoms with van der Waals surface area (Å²) in [5.74, 6) is -0.685. The molecule has 0 unspecified atom stereocenters. The minimum absolute atomic E-state index is 0.201. The Morgan fingerprint density at radius 1 is 1.20 bits per heavy atom. The van der Waals surface area contributed by atoms with Gasteiger partial charge in [0.1, 0.15) is 6.61 Å². The molecule has 0 saturated carbocycles. The Morgan fingerprint density at radius 2 is 1.85 bits per heavy atom. The van der Waals surface area contributed by atoms with Crippen LogP contribution in [0, 0.1) is 0 Å². The first kappa shape index (κ1) is 16.2. The van der Waals surface area contributed by atoms with Crippen molar-refractivity contribution >= 4 is 17.4 Å². The second kappa shape index (κ2) is 7.65. The molecule has 0 radical (unpaired) electrons. The van der Waals surface area contributed by atoms with Crippen molar-refractivity contribution in [3.05, 3.63) is 29.3 Å². The van der Waals surface area contributed by atoms with Gasteiger partial charge in [0.15, 0.2) is 5.78 Å². The zero-order valence-electron chi connectivity index (χ0n) is 12.3. The maximum Gasteiger partial charge on any atom is 0.338 e. The number of ketones is 1. The van der Waals surface area contributed by atoms with Crippen molar-refractivity contribution in [1.82, 2.24) is 4.90 Å². The molecule has 0 aliphatic carbocycles. The summed E-state index contributed by atoms with van der Waals surface area (Å²) < 4.78 is 5.22. The van der Waals surface area contributed by atoms with Gasteiger partial charge in [-0.2, -0.15) is 0 Å². The number of hydrogen-bond acceptors (Lipinski definition) is 5. The monoisotopic (exact) mass is 278 g/mol. The summed E-state index contributed by atoms with van der Waals surface area (Å²) in [6, 6.07) is 4.63. The van der Waals surface area contributed by atoms with E-state index in [4.69, 9.17) is 10.5 Å². The van der Waals surface area contributed by atoms with Crippen LogP contribution in [0.25, 0.3) is 0 Å². The van der Waals surface area contributed by atoms with Crippen LogP contribution in [0.15, 0.2) is 18.2 Å². The Labute approximate surface area is 119 Å². The van der Waals surface area contributed by atoms with E-state index in [1.165, 1.54) is 19.1 Å². The first-order valence-electron chi connectivity index (χ1n) is 6.79. The van der Waals surface area contributed by atoms with Crippen LogP contribution in [0.5, 0.6) is 0 Å². The Kier molecular flexibility index (Phi) is 6.18. The molecule has 0 fully saturated rings. The van der Waals surface area contributed by atoms with Crippen molar-refractivity contribution in [3.63, 3.8) is 0 Å². The largest absolute Gasteiger partial charge is 0.461 e. The molecule has 0 bridgehead atoms. The van der Waals surface area contributed by atoms with Crippen LogP contribution < -0.4 is 5.73 Å². The normalized spacial score (nSPS) is 10.6. The molecule has 0 aliphatic rings. The SMILES string of the molecule is CCN(CC)CCOC(=O)c1ccc(N)cc1C(C)=O. The zero-order chi connectivity index (χ0) is 15.1. The van der Waals surface area contributed by atoms with E-state index in [-0.39, 0.29) is 11.3 Å². The fourth-order valence-corrected chi connectivity index (χ4v) is 1.92. The lowest BCUT2D eigenvalue weighted by molar-refractivity contribution is 0.0464. The summed E-state index contributed by atoms with van der Waals surface area (Å²) in [6.45, 7) is 8.33. The van der Waals surface area contributed by atoms with E-state index in [9.17, 15) is 9.59 Å². The molecule has 110 valence electrons. The Balaban J connectivity index is 2.70. The number of anilines is 1. The van der Waals surface area contributed by atoms with Gasteiger partial charge in [-0.25, -0.2) is 4.79 Å². The lowest BCUT2D eigenvalue weighted by Crippen LogP contribution is -2.28. The summed E-state index contributed by atoms with van der Waals surface area (Å²) in [5, 5.41) is 0. The van der Waals surface area contributed by atoms with Gasteiger partial charge in [0.2, 0.25) is 0 Å². The molecule has 0 saturated heterocycles. The van der Waals surface area contributed by atoms with E-state index < -0.39 is 5.97 Å². The molecule has 2 N–H and O–H groups in total. The minimum Gasteiger partial charge on any atom is -0.461 e. The summed E-state index contributed by atoms with van der Waals surface area (Å²) in [5.41, 5.74) is 6.66. The molecule has 1 rings (SSSR count). The number of esters is 1. The molecular formula is C15H22N2O3. The lowest BCUT2D eigenvalue weighted by Gasteiger charge is -2.17. The molecule has 0 heterocycles. The number of nitrogen functional groups attached to an aromatic ring is 1. The Bertz CT molecular complexity index is 482. The topological polar surface area (TPSA) is 72.6 Å². The van der Waals surface area contributed by atoms with Crippen molar-refractivity contribution in [2.24, 2.45) is 0 Å². The van der Waals surface area contributed by atoms with Crippen molar-refractivity contribution in [2.75, 3.05) is 32.0 Å². The van der Waals surface area contributed by atoms with E-state index in [0.29, 0.717) is 24.4 Å².